The Balaban J connectivity index is 4.20. The van der Waals surface area contributed by atoms with Crippen LogP contribution in [0.15, 0.2) is 0 Å². The maximum Gasteiger partial charge on any atom is 0.214 e. The topological polar surface area (TPSA) is 36.9 Å². The van der Waals surface area contributed by atoms with Crippen molar-refractivity contribution in [1.29, 1.82) is 0 Å². The van der Waals surface area contributed by atoms with E-state index in [1.165, 1.54) is 0 Å². The standard InChI is InChI=1S/C12H28O4Si/c1-7-12(17(5,6)16-8-2)15-10-11(14-4)9-13-3/h11-12H,7-10H2,1-6H3. The van der Waals surface area contributed by atoms with Gasteiger partial charge in [0.1, 0.15) is 6.10 Å². The largest absolute Gasteiger partial charge is 0.415 e. The van der Waals surface area contributed by atoms with Crippen LogP contribution in [-0.2, 0) is 18.6 Å². The van der Waals surface area contributed by atoms with Gasteiger partial charge < -0.3 is 18.6 Å². The predicted octanol–water partition coefficient (Wildman–Crippen LogP) is 2.22. The smallest absolute Gasteiger partial charge is 0.214 e. The van der Waals surface area contributed by atoms with Crippen LogP contribution in [0.3, 0.4) is 0 Å². The molecule has 0 heterocycles. The summed E-state index contributed by atoms with van der Waals surface area (Å²) in [5, 5.41) is 0. The van der Waals surface area contributed by atoms with Gasteiger partial charge in [-0.3, -0.25) is 0 Å². The highest BCUT2D eigenvalue weighted by molar-refractivity contribution is 6.72. The molecule has 0 radical (unpaired) electrons. The normalized spacial score (nSPS) is 15.9. The van der Waals surface area contributed by atoms with Crippen molar-refractivity contribution < 1.29 is 18.6 Å². The molecule has 0 aromatic carbocycles. The Morgan fingerprint density at radius 1 is 1.06 bits per heavy atom. The number of hydrogen-bond acceptors (Lipinski definition) is 4. The first kappa shape index (κ1) is 17.1. The summed E-state index contributed by atoms with van der Waals surface area (Å²) < 4.78 is 22.1. The van der Waals surface area contributed by atoms with Crippen LogP contribution in [0, 0.1) is 0 Å². The fraction of sp³-hybridized carbons (Fsp3) is 1.00. The molecule has 17 heavy (non-hydrogen) atoms. The monoisotopic (exact) mass is 264 g/mol. The van der Waals surface area contributed by atoms with E-state index in [-0.39, 0.29) is 11.8 Å². The maximum absolute atomic E-state index is 5.95. The molecule has 4 nitrogen and oxygen atoms in total. The van der Waals surface area contributed by atoms with Crippen LogP contribution in [0.25, 0.3) is 0 Å². The molecular weight excluding hydrogens is 236 g/mol. The summed E-state index contributed by atoms with van der Waals surface area (Å²) in [5.41, 5.74) is 0.206. The lowest BCUT2D eigenvalue weighted by molar-refractivity contribution is -0.0432. The number of rotatable bonds is 10. The average molecular weight is 264 g/mol. The molecule has 0 aliphatic rings. The highest BCUT2D eigenvalue weighted by Crippen LogP contribution is 2.17. The van der Waals surface area contributed by atoms with E-state index in [1.54, 1.807) is 14.2 Å². The van der Waals surface area contributed by atoms with E-state index in [9.17, 15) is 0 Å². The zero-order valence-electron chi connectivity index (χ0n) is 12.1. The number of methoxy groups -OCH3 is 2. The van der Waals surface area contributed by atoms with Crippen molar-refractivity contribution in [1.82, 2.24) is 0 Å². The van der Waals surface area contributed by atoms with Crippen molar-refractivity contribution in [2.45, 2.75) is 45.2 Å². The third-order valence-electron chi connectivity index (χ3n) is 2.83. The van der Waals surface area contributed by atoms with Gasteiger partial charge in [-0.05, 0) is 26.4 Å². The molecule has 0 aromatic heterocycles. The third-order valence-corrected chi connectivity index (χ3v) is 5.99. The van der Waals surface area contributed by atoms with Gasteiger partial charge in [-0.2, -0.15) is 0 Å². The lowest BCUT2D eigenvalue weighted by Crippen LogP contribution is -2.47. The summed E-state index contributed by atoms with van der Waals surface area (Å²) in [5.74, 6) is 0. The molecule has 2 unspecified atom stereocenters. The Morgan fingerprint density at radius 3 is 2.12 bits per heavy atom. The summed E-state index contributed by atoms with van der Waals surface area (Å²) in [6.45, 7) is 10.4. The summed E-state index contributed by atoms with van der Waals surface area (Å²) in [7, 11) is 1.59. The molecule has 0 fully saturated rings. The van der Waals surface area contributed by atoms with Crippen LogP contribution >= 0.6 is 0 Å². The van der Waals surface area contributed by atoms with E-state index < -0.39 is 8.32 Å². The van der Waals surface area contributed by atoms with E-state index in [0.717, 1.165) is 13.0 Å². The van der Waals surface area contributed by atoms with Crippen molar-refractivity contribution in [3.8, 4) is 0 Å². The summed E-state index contributed by atoms with van der Waals surface area (Å²) >= 11 is 0. The van der Waals surface area contributed by atoms with Gasteiger partial charge in [0.25, 0.3) is 0 Å². The van der Waals surface area contributed by atoms with Gasteiger partial charge in [-0.1, -0.05) is 6.92 Å². The molecule has 0 spiro atoms. The Morgan fingerprint density at radius 2 is 1.71 bits per heavy atom. The van der Waals surface area contributed by atoms with Crippen molar-refractivity contribution in [2.75, 3.05) is 34.0 Å². The lowest BCUT2D eigenvalue weighted by Gasteiger charge is -2.32. The average Bonchev–Trinajstić information content (AvgIpc) is 2.27. The van der Waals surface area contributed by atoms with Crippen LogP contribution in [0.1, 0.15) is 20.3 Å². The second kappa shape index (κ2) is 9.05. The number of hydrogen-bond donors (Lipinski definition) is 0. The second-order valence-electron chi connectivity index (χ2n) is 4.58. The molecule has 2 atom stereocenters. The van der Waals surface area contributed by atoms with Crippen molar-refractivity contribution >= 4 is 8.32 Å². The van der Waals surface area contributed by atoms with Crippen molar-refractivity contribution in [3.63, 3.8) is 0 Å². The van der Waals surface area contributed by atoms with Gasteiger partial charge in [0.05, 0.1) is 18.9 Å². The van der Waals surface area contributed by atoms with Crippen LogP contribution in [0.5, 0.6) is 0 Å². The van der Waals surface area contributed by atoms with Gasteiger partial charge in [0.2, 0.25) is 8.32 Å². The highest BCUT2D eigenvalue weighted by Gasteiger charge is 2.33. The van der Waals surface area contributed by atoms with Crippen molar-refractivity contribution in [3.05, 3.63) is 0 Å². The molecule has 0 aliphatic heterocycles. The molecule has 0 saturated carbocycles. The molecule has 0 N–H and O–H groups in total. The van der Waals surface area contributed by atoms with E-state index in [4.69, 9.17) is 18.6 Å². The Kier molecular flexibility index (Phi) is 9.08. The first-order valence-corrected chi connectivity index (χ1v) is 9.27. The minimum atomic E-state index is -1.75. The zero-order valence-corrected chi connectivity index (χ0v) is 13.1. The lowest BCUT2D eigenvalue weighted by atomic mass is 10.4. The minimum absolute atomic E-state index is 0.000441. The molecule has 5 heteroatoms. The molecule has 0 saturated heterocycles. The quantitative estimate of drug-likeness (QED) is 0.567. The van der Waals surface area contributed by atoms with E-state index in [1.807, 2.05) is 6.92 Å². The molecule has 104 valence electrons. The predicted molar refractivity (Wildman–Crippen MR) is 71.8 cm³/mol. The van der Waals surface area contributed by atoms with Gasteiger partial charge in [0, 0.05) is 20.8 Å². The van der Waals surface area contributed by atoms with Gasteiger partial charge in [0.15, 0.2) is 0 Å². The summed E-state index contributed by atoms with van der Waals surface area (Å²) in [6, 6.07) is 0. The third kappa shape index (κ3) is 6.52. The van der Waals surface area contributed by atoms with Crippen LogP contribution in [-0.4, -0.2) is 54.2 Å². The molecule has 0 bridgehead atoms. The second-order valence-corrected chi connectivity index (χ2v) is 8.72. The Bertz CT molecular complexity index is 187. The van der Waals surface area contributed by atoms with Crippen LogP contribution < -0.4 is 0 Å². The van der Waals surface area contributed by atoms with E-state index in [0.29, 0.717) is 13.2 Å². The minimum Gasteiger partial charge on any atom is -0.415 e. The number of ether oxygens (including phenoxy) is 3. The Labute approximate surface area is 107 Å². The molecule has 0 aromatic rings. The SMILES string of the molecule is CCO[Si](C)(C)C(CC)OCC(COC)OC. The van der Waals surface area contributed by atoms with Crippen molar-refractivity contribution in [2.24, 2.45) is 0 Å². The first-order valence-electron chi connectivity index (χ1n) is 6.29. The van der Waals surface area contributed by atoms with Crippen LogP contribution in [0.2, 0.25) is 13.1 Å². The fourth-order valence-electron chi connectivity index (χ4n) is 1.87. The van der Waals surface area contributed by atoms with E-state index in [2.05, 4.69) is 20.0 Å². The van der Waals surface area contributed by atoms with Gasteiger partial charge in [-0.15, -0.1) is 0 Å². The molecular formula is C12H28O4Si. The maximum atomic E-state index is 5.95. The summed E-state index contributed by atoms with van der Waals surface area (Å²) in [6.07, 6.45) is 0.975. The van der Waals surface area contributed by atoms with Crippen LogP contribution in [0.4, 0.5) is 0 Å². The fourth-order valence-corrected chi connectivity index (χ4v) is 4.28. The van der Waals surface area contributed by atoms with Gasteiger partial charge in [-0.25, -0.2) is 0 Å². The van der Waals surface area contributed by atoms with E-state index >= 15 is 0 Å². The molecule has 0 rings (SSSR count). The molecule has 0 aliphatic carbocycles. The van der Waals surface area contributed by atoms with Gasteiger partial charge >= 0.3 is 0 Å². The Hall–Kier alpha value is 0.0569. The molecule has 0 amide bonds. The summed E-state index contributed by atoms with van der Waals surface area (Å²) in [4.78, 5) is 0. The highest BCUT2D eigenvalue weighted by atomic mass is 28.4. The zero-order chi connectivity index (χ0) is 13.3. The first-order chi connectivity index (χ1) is 8.01.